The van der Waals surface area contributed by atoms with Gasteiger partial charge in [-0.15, -0.1) is 0 Å². The lowest BCUT2D eigenvalue weighted by molar-refractivity contribution is -0.122. The van der Waals surface area contributed by atoms with Crippen LogP contribution in [-0.2, 0) is 9.59 Å². The van der Waals surface area contributed by atoms with Crippen LogP contribution in [0, 0.1) is 5.92 Å². The van der Waals surface area contributed by atoms with Crippen molar-refractivity contribution in [1.29, 1.82) is 0 Å². The van der Waals surface area contributed by atoms with Gasteiger partial charge in [0.2, 0.25) is 0 Å². The Bertz CT molecular complexity index is 348. The van der Waals surface area contributed by atoms with Crippen molar-refractivity contribution in [3.63, 3.8) is 0 Å². The van der Waals surface area contributed by atoms with Gasteiger partial charge in [0, 0.05) is 12.8 Å². The molecule has 0 N–H and O–H groups in total. The molecular formula is C14H20O2. The van der Waals surface area contributed by atoms with Gasteiger partial charge in [-0.2, -0.15) is 0 Å². The summed E-state index contributed by atoms with van der Waals surface area (Å²) in [7, 11) is 0. The van der Waals surface area contributed by atoms with Gasteiger partial charge in [-0.1, -0.05) is 31.1 Å². The lowest BCUT2D eigenvalue weighted by Gasteiger charge is -2.18. The molecule has 0 heterocycles. The smallest absolute Gasteiger partial charge is 0.170 e. The summed E-state index contributed by atoms with van der Waals surface area (Å²) in [6.45, 7) is 7.98. The Hall–Kier alpha value is -1.18. The maximum atomic E-state index is 11.9. The van der Waals surface area contributed by atoms with Crippen molar-refractivity contribution >= 4 is 11.6 Å². The van der Waals surface area contributed by atoms with E-state index in [0.717, 1.165) is 17.6 Å². The summed E-state index contributed by atoms with van der Waals surface area (Å²) >= 11 is 0. The molecule has 0 spiro atoms. The van der Waals surface area contributed by atoms with Crippen LogP contribution in [0.4, 0.5) is 0 Å². The monoisotopic (exact) mass is 220 g/mol. The molecule has 2 nitrogen and oxygen atoms in total. The summed E-state index contributed by atoms with van der Waals surface area (Å²) in [5, 5.41) is 0. The standard InChI is InChI=1S/C14H20O2/c1-5-11-7-12(15)14(13(16)8-11)10(4)6-9(2)3/h5,9H,6-8H2,1-4H3. The fraction of sp³-hybridized carbons (Fsp3) is 0.571. The van der Waals surface area contributed by atoms with Gasteiger partial charge in [-0.05, 0) is 26.2 Å². The third-order valence-electron chi connectivity index (χ3n) is 2.88. The zero-order chi connectivity index (χ0) is 12.3. The lowest BCUT2D eigenvalue weighted by Crippen LogP contribution is -2.22. The van der Waals surface area contributed by atoms with E-state index in [1.165, 1.54) is 0 Å². The molecule has 0 unspecified atom stereocenters. The molecule has 2 heteroatoms. The van der Waals surface area contributed by atoms with Gasteiger partial charge in [0.25, 0.3) is 0 Å². The van der Waals surface area contributed by atoms with E-state index in [1.54, 1.807) is 0 Å². The number of carbonyl (C=O) groups is 2. The molecule has 1 fully saturated rings. The van der Waals surface area contributed by atoms with E-state index >= 15 is 0 Å². The van der Waals surface area contributed by atoms with Crippen LogP contribution >= 0.6 is 0 Å². The second-order valence-corrected chi connectivity index (χ2v) is 4.90. The quantitative estimate of drug-likeness (QED) is 0.407. The van der Waals surface area contributed by atoms with Crippen molar-refractivity contribution in [2.45, 2.75) is 47.0 Å². The van der Waals surface area contributed by atoms with Gasteiger partial charge in [0.15, 0.2) is 11.6 Å². The van der Waals surface area contributed by atoms with Crippen molar-refractivity contribution in [1.82, 2.24) is 0 Å². The Labute approximate surface area is 97.4 Å². The van der Waals surface area contributed by atoms with Crippen LogP contribution in [0.3, 0.4) is 0 Å². The summed E-state index contributed by atoms with van der Waals surface area (Å²) in [5.74, 6) is 0.487. The fourth-order valence-electron chi connectivity index (χ4n) is 2.20. The summed E-state index contributed by atoms with van der Waals surface area (Å²) < 4.78 is 0. The predicted molar refractivity (Wildman–Crippen MR) is 65.2 cm³/mol. The third-order valence-corrected chi connectivity index (χ3v) is 2.88. The maximum absolute atomic E-state index is 11.9. The van der Waals surface area contributed by atoms with Crippen molar-refractivity contribution < 1.29 is 9.59 Å². The number of ketones is 2. The van der Waals surface area contributed by atoms with Crippen LogP contribution in [0.1, 0.15) is 47.0 Å². The van der Waals surface area contributed by atoms with Gasteiger partial charge in [0.1, 0.15) is 0 Å². The second-order valence-electron chi connectivity index (χ2n) is 4.90. The lowest BCUT2D eigenvalue weighted by atomic mass is 9.84. The van der Waals surface area contributed by atoms with E-state index in [0.29, 0.717) is 24.3 Å². The largest absolute Gasteiger partial charge is 0.294 e. The molecule has 0 aromatic carbocycles. The Balaban J connectivity index is 2.98. The van der Waals surface area contributed by atoms with Crippen LogP contribution in [0.25, 0.3) is 0 Å². The first-order chi connectivity index (χ1) is 7.45. The van der Waals surface area contributed by atoms with Gasteiger partial charge >= 0.3 is 0 Å². The van der Waals surface area contributed by atoms with E-state index in [9.17, 15) is 9.59 Å². The van der Waals surface area contributed by atoms with Gasteiger partial charge in [-0.3, -0.25) is 9.59 Å². The molecule has 88 valence electrons. The van der Waals surface area contributed by atoms with Gasteiger partial charge in [-0.25, -0.2) is 0 Å². The van der Waals surface area contributed by atoms with Crippen molar-refractivity contribution in [2.24, 2.45) is 5.92 Å². The molecule has 1 saturated carbocycles. The Morgan fingerprint density at radius 1 is 1.25 bits per heavy atom. The van der Waals surface area contributed by atoms with E-state index in [4.69, 9.17) is 0 Å². The number of hydrogen-bond donors (Lipinski definition) is 0. The first-order valence-corrected chi connectivity index (χ1v) is 5.85. The Morgan fingerprint density at radius 2 is 1.75 bits per heavy atom. The van der Waals surface area contributed by atoms with Gasteiger partial charge < -0.3 is 0 Å². The topological polar surface area (TPSA) is 34.1 Å². The highest BCUT2D eigenvalue weighted by Crippen LogP contribution is 2.26. The molecule has 0 aromatic heterocycles. The fourth-order valence-corrected chi connectivity index (χ4v) is 2.20. The molecule has 16 heavy (non-hydrogen) atoms. The van der Waals surface area contributed by atoms with Crippen LogP contribution in [0.15, 0.2) is 22.8 Å². The first kappa shape index (κ1) is 12.9. The van der Waals surface area contributed by atoms with Crippen LogP contribution < -0.4 is 0 Å². The number of carbonyl (C=O) groups excluding carboxylic acids is 2. The molecule has 1 aliphatic rings. The highest BCUT2D eigenvalue weighted by Gasteiger charge is 2.27. The molecule has 1 aliphatic carbocycles. The summed E-state index contributed by atoms with van der Waals surface area (Å²) in [4.78, 5) is 23.8. The average molecular weight is 220 g/mol. The Kier molecular flexibility index (Phi) is 4.22. The molecule has 0 aromatic rings. The first-order valence-electron chi connectivity index (χ1n) is 5.85. The minimum Gasteiger partial charge on any atom is -0.294 e. The highest BCUT2D eigenvalue weighted by molar-refractivity contribution is 6.24. The van der Waals surface area contributed by atoms with E-state index in [2.05, 4.69) is 13.8 Å². The average Bonchev–Trinajstić information content (AvgIpc) is 2.15. The number of hydrogen-bond acceptors (Lipinski definition) is 2. The van der Waals surface area contributed by atoms with E-state index in [-0.39, 0.29) is 11.6 Å². The normalized spacial score (nSPS) is 17.1. The minimum atomic E-state index is 0.00231. The number of allylic oxidation sites excluding steroid dienone is 4. The highest BCUT2D eigenvalue weighted by atomic mass is 16.1. The summed E-state index contributed by atoms with van der Waals surface area (Å²) in [6.07, 6.45) is 3.56. The van der Waals surface area contributed by atoms with Crippen LogP contribution in [-0.4, -0.2) is 11.6 Å². The SMILES string of the molecule is CC=C1CC(=O)C(=C(C)CC(C)C)C(=O)C1. The van der Waals surface area contributed by atoms with Crippen LogP contribution in [0.2, 0.25) is 0 Å². The zero-order valence-electron chi connectivity index (χ0n) is 10.6. The minimum absolute atomic E-state index is 0.00231. The molecule has 1 rings (SSSR count). The van der Waals surface area contributed by atoms with E-state index in [1.807, 2.05) is 19.9 Å². The number of rotatable bonds is 2. The Morgan fingerprint density at radius 3 is 2.12 bits per heavy atom. The molecule has 0 aliphatic heterocycles. The molecule has 0 bridgehead atoms. The predicted octanol–water partition coefficient (Wildman–Crippen LogP) is 3.23. The second kappa shape index (κ2) is 5.24. The van der Waals surface area contributed by atoms with Crippen molar-refractivity contribution in [3.05, 3.63) is 22.8 Å². The molecular weight excluding hydrogens is 200 g/mol. The molecule has 0 radical (unpaired) electrons. The third kappa shape index (κ3) is 2.91. The molecule has 0 saturated heterocycles. The zero-order valence-corrected chi connectivity index (χ0v) is 10.6. The van der Waals surface area contributed by atoms with Gasteiger partial charge in [0.05, 0.1) is 5.57 Å². The van der Waals surface area contributed by atoms with Crippen molar-refractivity contribution in [3.8, 4) is 0 Å². The molecule has 0 amide bonds. The summed E-state index contributed by atoms with van der Waals surface area (Å²) in [6, 6.07) is 0. The van der Waals surface area contributed by atoms with Crippen LogP contribution in [0.5, 0.6) is 0 Å². The van der Waals surface area contributed by atoms with Crippen molar-refractivity contribution in [2.75, 3.05) is 0 Å². The molecule has 0 atom stereocenters. The maximum Gasteiger partial charge on any atom is 0.170 e. The van der Waals surface area contributed by atoms with E-state index < -0.39 is 0 Å². The summed E-state index contributed by atoms with van der Waals surface area (Å²) in [5.41, 5.74) is 2.38. The number of Topliss-reactive ketones (excluding diaryl/α,β-unsaturated/α-hetero) is 2.